The second-order valence-electron chi connectivity index (χ2n) is 10.8. The maximum atomic E-state index is 5.19. The summed E-state index contributed by atoms with van der Waals surface area (Å²) in [5, 5.41) is 8.44. The van der Waals surface area contributed by atoms with Gasteiger partial charge in [-0.2, -0.15) is 0 Å². The van der Waals surface area contributed by atoms with Gasteiger partial charge < -0.3 is 0 Å². The largest absolute Gasteiger partial charge is 0.256 e. The van der Waals surface area contributed by atoms with E-state index in [0.717, 1.165) is 47.5 Å². The van der Waals surface area contributed by atoms with E-state index in [4.69, 9.17) is 9.98 Å². The molecule has 0 N–H and O–H groups in total. The second-order valence-corrected chi connectivity index (χ2v) is 10.8. The summed E-state index contributed by atoms with van der Waals surface area (Å²) in [6.07, 6.45) is 20.2. The van der Waals surface area contributed by atoms with Crippen LogP contribution in [0.15, 0.2) is 108 Å². The van der Waals surface area contributed by atoms with Crippen LogP contribution in [0.5, 0.6) is 0 Å². The average molecular weight is 517 g/mol. The zero-order valence-electron chi connectivity index (χ0n) is 22.8. The first kappa shape index (κ1) is 24.5. The van der Waals surface area contributed by atoms with Crippen molar-refractivity contribution in [1.82, 2.24) is 4.98 Å². The number of nitrogens with zero attached hydrogens (tertiary/aromatic N) is 2. The number of rotatable bonds is 3. The van der Waals surface area contributed by atoms with Crippen molar-refractivity contribution in [2.75, 3.05) is 0 Å². The Labute approximate surface area is 234 Å². The highest BCUT2D eigenvalue weighted by molar-refractivity contribution is 6.07. The summed E-state index contributed by atoms with van der Waals surface area (Å²) in [5.41, 5.74) is 5.83. The fraction of sp³-hybridized carbons (Fsp3) is 0.158. The molecule has 5 aromatic rings. The quantitative estimate of drug-likeness (QED) is 0.258. The van der Waals surface area contributed by atoms with Crippen LogP contribution in [0.25, 0.3) is 56.6 Å². The summed E-state index contributed by atoms with van der Waals surface area (Å²) in [6, 6.07) is 28.2. The van der Waals surface area contributed by atoms with Crippen LogP contribution in [0.1, 0.15) is 38.2 Å². The molecule has 40 heavy (non-hydrogen) atoms. The standard InChI is InChI=1S/C38H32N2/c1-2-26-20-21-39-38-34(22-26)36(31-24-29-15-8-11-19-35(29)40-25-31)32-17-9-10-18-33(32)37(38)30-16-5-3-4-12-27-13-6-7-14-28(27)23-30/h6-26H,2-5H2,1H3/b27-12+,28-23-,30-16+. The number of benzene rings is 4. The van der Waals surface area contributed by atoms with Crippen molar-refractivity contribution in [2.45, 2.75) is 32.6 Å². The molecule has 0 amide bonds. The highest BCUT2D eigenvalue weighted by Gasteiger charge is 2.18. The summed E-state index contributed by atoms with van der Waals surface area (Å²) < 4.78 is 0. The Morgan fingerprint density at radius 1 is 0.800 bits per heavy atom. The minimum atomic E-state index is 0.319. The molecule has 2 heterocycles. The molecule has 1 aliphatic carbocycles. The van der Waals surface area contributed by atoms with Gasteiger partial charge in [-0.3, -0.25) is 9.98 Å². The van der Waals surface area contributed by atoms with E-state index in [1.54, 1.807) is 0 Å². The van der Waals surface area contributed by atoms with Crippen molar-refractivity contribution in [3.8, 4) is 11.1 Å². The molecule has 1 aromatic heterocycles. The number of para-hydroxylation sites is 1. The predicted octanol–water partition coefficient (Wildman–Crippen LogP) is 6.84. The average Bonchev–Trinajstić information content (AvgIpc) is 3.15. The van der Waals surface area contributed by atoms with Gasteiger partial charge in [0.05, 0.1) is 10.9 Å². The lowest BCUT2D eigenvalue weighted by Crippen LogP contribution is -2.32. The molecule has 0 saturated heterocycles. The Kier molecular flexibility index (Phi) is 6.45. The van der Waals surface area contributed by atoms with Crippen LogP contribution in [-0.4, -0.2) is 4.98 Å². The molecule has 7 rings (SSSR count). The molecule has 1 atom stereocenters. The van der Waals surface area contributed by atoms with Gasteiger partial charge in [0, 0.05) is 39.7 Å². The Balaban J connectivity index is 1.63. The van der Waals surface area contributed by atoms with Crippen LogP contribution in [0.3, 0.4) is 0 Å². The summed E-state index contributed by atoms with van der Waals surface area (Å²) in [4.78, 5) is 10.1. The van der Waals surface area contributed by atoms with Crippen LogP contribution >= 0.6 is 0 Å². The van der Waals surface area contributed by atoms with Gasteiger partial charge in [0.2, 0.25) is 0 Å². The fourth-order valence-electron chi connectivity index (χ4n) is 6.17. The first-order chi connectivity index (χ1) is 19.8. The molecule has 1 unspecified atom stereocenters. The molecule has 4 aromatic carbocycles. The lowest BCUT2D eigenvalue weighted by molar-refractivity contribution is 0.812. The predicted molar refractivity (Wildman–Crippen MR) is 169 cm³/mol. The summed E-state index contributed by atoms with van der Waals surface area (Å²) in [5.74, 6) is 0.319. The molecular formula is C38H32N2. The summed E-state index contributed by atoms with van der Waals surface area (Å²) >= 11 is 0. The topological polar surface area (TPSA) is 25.2 Å². The zero-order chi connectivity index (χ0) is 26.9. The maximum absolute atomic E-state index is 5.19. The smallest absolute Gasteiger partial charge is 0.0789 e. The zero-order valence-corrected chi connectivity index (χ0v) is 22.8. The van der Waals surface area contributed by atoms with Crippen molar-refractivity contribution < 1.29 is 0 Å². The van der Waals surface area contributed by atoms with Crippen LogP contribution in [0.2, 0.25) is 0 Å². The molecule has 1 aliphatic heterocycles. The van der Waals surface area contributed by atoms with E-state index < -0.39 is 0 Å². The number of fused-ring (bicyclic) bond motifs is 4. The van der Waals surface area contributed by atoms with Crippen molar-refractivity contribution in [1.29, 1.82) is 0 Å². The van der Waals surface area contributed by atoms with Crippen LogP contribution in [0, 0.1) is 5.92 Å². The van der Waals surface area contributed by atoms with Crippen LogP contribution < -0.4 is 21.0 Å². The Morgan fingerprint density at radius 2 is 1.55 bits per heavy atom. The monoisotopic (exact) mass is 516 g/mol. The number of aromatic nitrogens is 1. The number of hydrogen-bond acceptors (Lipinski definition) is 2. The highest BCUT2D eigenvalue weighted by atomic mass is 14.7. The van der Waals surface area contributed by atoms with Crippen molar-refractivity contribution >= 4 is 45.5 Å². The lowest BCUT2D eigenvalue weighted by atomic mass is 9.87. The molecule has 2 heteroatoms. The van der Waals surface area contributed by atoms with Gasteiger partial charge in [-0.05, 0) is 76.6 Å². The van der Waals surface area contributed by atoms with E-state index in [1.165, 1.54) is 43.1 Å². The van der Waals surface area contributed by atoms with Gasteiger partial charge in [0.1, 0.15) is 0 Å². The van der Waals surface area contributed by atoms with E-state index >= 15 is 0 Å². The summed E-state index contributed by atoms with van der Waals surface area (Å²) in [6.45, 7) is 2.25. The molecule has 194 valence electrons. The third-order valence-electron chi connectivity index (χ3n) is 8.23. The van der Waals surface area contributed by atoms with E-state index in [9.17, 15) is 0 Å². The molecule has 0 spiro atoms. The van der Waals surface area contributed by atoms with Crippen molar-refractivity contribution in [3.05, 3.63) is 130 Å². The molecular weight excluding hydrogens is 484 g/mol. The minimum absolute atomic E-state index is 0.319. The van der Waals surface area contributed by atoms with Gasteiger partial charge in [-0.15, -0.1) is 0 Å². The third-order valence-corrected chi connectivity index (χ3v) is 8.23. The van der Waals surface area contributed by atoms with E-state index in [0.29, 0.717) is 5.92 Å². The molecule has 2 nitrogen and oxygen atoms in total. The number of pyridine rings is 1. The van der Waals surface area contributed by atoms with Crippen LogP contribution in [0.4, 0.5) is 0 Å². The first-order valence-electron chi connectivity index (χ1n) is 14.4. The lowest BCUT2D eigenvalue weighted by Gasteiger charge is -2.16. The second kappa shape index (κ2) is 10.5. The molecule has 0 radical (unpaired) electrons. The van der Waals surface area contributed by atoms with Gasteiger partial charge in [-0.25, -0.2) is 0 Å². The normalized spacial score (nSPS) is 19.5. The Bertz CT molecular complexity index is 2080. The highest BCUT2D eigenvalue weighted by Crippen LogP contribution is 2.32. The van der Waals surface area contributed by atoms with Crippen LogP contribution in [-0.2, 0) is 0 Å². The van der Waals surface area contributed by atoms with E-state index in [2.05, 4.69) is 110 Å². The van der Waals surface area contributed by atoms with E-state index in [-0.39, 0.29) is 0 Å². The Morgan fingerprint density at radius 3 is 2.42 bits per heavy atom. The fourth-order valence-corrected chi connectivity index (χ4v) is 6.17. The number of allylic oxidation sites excluding steroid dienone is 3. The van der Waals surface area contributed by atoms with Gasteiger partial charge in [0.25, 0.3) is 0 Å². The third kappa shape index (κ3) is 4.40. The SMILES string of the molecule is CCC1C=CN=c2c(C3=C\CCC\C=c4/cccc/c4=C/3)c3ccccc3c(-c3cnc4ccccc4c3)c2=C1. The van der Waals surface area contributed by atoms with Gasteiger partial charge in [0.15, 0.2) is 0 Å². The van der Waals surface area contributed by atoms with Crippen molar-refractivity contribution in [2.24, 2.45) is 10.9 Å². The van der Waals surface area contributed by atoms with Gasteiger partial charge in [-0.1, -0.05) is 98.0 Å². The molecule has 0 bridgehead atoms. The maximum Gasteiger partial charge on any atom is 0.0789 e. The first-order valence-corrected chi connectivity index (χ1v) is 14.4. The Hall–Kier alpha value is -4.56. The van der Waals surface area contributed by atoms with Gasteiger partial charge >= 0.3 is 0 Å². The molecule has 0 fully saturated rings. The number of hydrogen-bond donors (Lipinski definition) is 0. The molecule has 2 aliphatic rings. The van der Waals surface area contributed by atoms with Crippen molar-refractivity contribution in [3.63, 3.8) is 0 Å². The minimum Gasteiger partial charge on any atom is -0.256 e. The van der Waals surface area contributed by atoms with E-state index in [1.807, 2.05) is 18.5 Å². The molecule has 0 saturated carbocycles. The summed E-state index contributed by atoms with van der Waals surface area (Å²) in [7, 11) is 0.